The first-order valence-corrected chi connectivity index (χ1v) is 14.9. The smallest absolute Gasteiger partial charge is 0.261 e. The van der Waals surface area contributed by atoms with Crippen LogP contribution in [0, 0.1) is 0 Å². The van der Waals surface area contributed by atoms with Crippen LogP contribution in [-0.4, -0.2) is 39.4 Å². The molecular formula is C31H39NO3Si. The van der Waals surface area contributed by atoms with Crippen LogP contribution in [0.25, 0.3) is 0 Å². The van der Waals surface area contributed by atoms with E-state index in [0.717, 1.165) is 19.1 Å². The van der Waals surface area contributed by atoms with Gasteiger partial charge >= 0.3 is 0 Å². The van der Waals surface area contributed by atoms with E-state index in [1.807, 2.05) is 18.2 Å². The lowest BCUT2D eigenvalue weighted by Gasteiger charge is -2.45. The Morgan fingerprint density at radius 3 is 1.94 bits per heavy atom. The van der Waals surface area contributed by atoms with Crippen molar-refractivity contribution < 1.29 is 14.0 Å². The molecule has 1 saturated heterocycles. The first kappa shape index (κ1) is 26.5. The number of rotatable bonds is 10. The Morgan fingerprint density at radius 2 is 1.42 bits per heavy atom. The van der Waals surface area contributed by atoms with E-state index in [-0.39, 0.29) is 23.2 Å². The van der Waals surface area contributed by atoms with Crippen molar-refractivity contribution in [2.24, 2.45) is 0 Å². The minimum atomic E-state index is -2.66. The molecule has 1 aliphatic heterocycles. The first-order chi connectivity index (χ1) is 17.4. The fourth-order valence-electron chi connectivity index (χ4n) is 5.47. The second kappa shape index (κ2) is 12.1. The van der Waals surface area contributed by atoms with Crippen LogP contribution in [0.5, 0.6) is 0 Å². The second-order valence-corrected chi connectivity index (χ2v) is 15.1. The number of nitrogens with one attached hydrogen (secondary N) is 1. The molecule has 3 aromatic rings. The summed E-state index contributed by atoms with van der Waals surface area (Å²) in [5.74, 6) is 0. The maximum absolute atomic E-state index is 11.3. The largest absolute Gasteiger partial charge is 0.406 e. The number of benzene rings is 3. The van der Waals surface area contributed by atoms with Crippen molar-refractivity contribution in [3.63, 3.8) is 0 Å². The van der Waals surface area contributed by atoms with Gasteiger partial charge in [-0.05, 0) is 33.8 Å². The second-order valence-electron chi connectivity index (χ2n) is 10.8. The van der Waals surface area contributed by atoms with Gasteiger partial charge < -0.3 is 19.3 Å². The summed E-state index contributed by atoms with van der Waals surface area (Å²) < 4.78 is 13.7. The lowest BCUT2D eigenvalue weighted by atomic mass is 9.94. The van der Waals surface area contributed by atoms with E-state index in [9.17, 15) is 4.79 Å². The van der Waals surface area contributed by atoms with Crippen molar-refractivity contribution in [3.8, 4) is 0 Å². The zero-order chi connectivity index (χ0) is 25.4. The highest BCUT2D eigenvalue weighted by Gasteiger charge is 2.50. The average molecular weight is 502 g/mol. The van der Waals surface area contributed by atoms with Crippen LogP contribution in [0.1, 0.15) is 45.6 Å². The van der Waals surface area contributed by atoms with Crippen molar-refractivity contribution >= 4 is 25.0 Å². The first-order valence-electron chi connectivity index (χ1n) is 13.0. The predicted molar refractivity (Wildman–Crippen MR) is 149 cm³/mol. The maximum Gasteiger partial charge on any atom is 0.261 e. The molecule has 1 heterocycles. The number of hydrogen-bond acceptors (Lipinski definition) is 4. The Morgan fingerprint density at radius 1 is 0.861 bits per heavy atom. The molecule has 0 unspecified atom stereocenters. The van der Waals surface area contributed by atoms with Crippen LogP contribution < -0.4 is 15.7 Å². The van der Waals surface area contributed by atoms with Crippen molar-refractivity contribution in [2.45, 2.75) is 69.9 Å². The third kappa shape index (κ3) is 6.04. The SMILES string of the molecule is CC(C)(C)[Si](OC[C@@H]1N[C@H](CC=O)CC[C@H]1OCc1ccccc1)(c1ccccc1)c1ccccc1. The van der Waals surface area contributed by atoms with Gasteiger partial charge in [0.25, 0.3) is 8.32 Å². The van der Waals surface area contributed by atoms with E-state index in [1.54, 1.807) is 0 Å². The molecule has 1 aliphatic rings. The summed E-state index contributed by atoms with van der Waals surface area (Å²) in [4.78, 5) is 11.3. The standard InChI is InChI=1S/C31H39NO3Si/c1-31(2,3)36(27-15-9-5-10-16-27,28-17-11-6-12-18-28)35-24-29-30(20-19-26(32-29)21-22-33)34-23-25-13-7-4-8-14-25/h4-18,22,26,29-30,32H,19-21,23-24H2,1-3H3/t26-,29-,30+/m0/s1. The molecule has 190 valence electrons. The normalized spacial score (nSPS) is 20.7. The topological polar surface area (TPSA) is 47.6 Å². The Balaban J connectivity index is 1.63. The van der Waals surface area contributed by atoms with Gasteiger partial charge in [0.05, 0.1) is 25.4 Å². The lowest BCUT2D eigenvalue weighted by molar-refractivity contribution is -0.108. The monoisotopic (exact) mass is 501 g/mol. The van der Waals surface area contributed by atoms with Crippen molar-refractivity contribution in [2.75, 3.05) is 6.61 Å². The van der Waals surface area contributed by atoms with Gasteiger partial charge in [-0.1, -0.05) is 112 Å². The molecule has 4 rings (SSSR count). The minimum absolute atomic E-state index is 0.00839. The summed E-state index contributed by atoms with van der Waals surface area (Å²) in [6.07, 6.45) is 3.39. The van der Waals surface area contributed by atoms with E-state index in [1.165, 1.54) is 15.9 Å². The summed E-state index contributed by atoms with van der Waals surface area (Å²) in [7, 11) is -2.66. The van der Waals surface area contributed by atoms with Crippen LogP contribution in [0.3, 0.4) is 0 Å². The summed E-state index contributed by atoms with van der Waals surface area (Å²) in [6.45, 7) is 7.99. The zero-order valence-electron chi connectivity index (χ0n) is 21.7. The molecule has 0 radical (unpaired) electrons. The van der Waals surface area contributed by atoms with Gasteiger partial charge in [-0.15, -0.1) is 0 Å². The van der Waals surface area contributed by atoms with Crippen LogP contribution in [0.2, 0.25) is 5.04 Å². The number of hydrogen-bond donors (Lipinski definition) is 1. The van der Waals surface area contributed by atoms with Crippen molar-refractivity contribution in [1.82, 2.24) is 5.32 Å². The molecule has 0 saturated carbocycles. The molecule has 4 nitrogen and oxygen atoms in total. The fourth-order valence-corrected chi connectivity index (χ4v) is 10.1. The molecule has 3 atom stereocenters. The maximum atomic E-state index is 11.3. The number of carbonyl (C=O) groups is 1. The molecule has 0 amide bonds. The van der Waals surface area contributed by atoms with Crippen molar-refractivity contribution in [1.29, 1.82) is 0 Å². The lowest BCUT2D eigenvalue weighted by Crippen LogP contribution is -2.68. The van der Waals surface area contributed by atoms with Gasteiger partial charge in [-0.3, -0.25) is 0 Å². The highest BCUT2D eigenvalue weighted by Crippen LogP contribution is 2.37. The number of aldehydes is 1. The number of carbonyl (C=O) groups excluding carboxylic acids is 1. The molecule has 1 N–H and O–H groups in total. The molecule has 0 aliphatic carbocycles. The molecule has 0 spiro atoms. The summed E-state index contributed by atoms with van der Waals surface area (Å²) in [5.41, 5.74) is 1.17. The van der Waals surface area contributed by atoms with Gasteiger partial charge in [-0.25, -0.2) is 0 Å². The van der Waals surface area contributed by atoms with Gasteiger partial charge in [0.1, 0.15) is 6.29 Å². The number of ether oxygens (including phenoxy) is 1. The van der Waals surface area contributed by atoms with E-state index < -0.39 is 8.32 Å². The predicted octanol–water partition coefficient (Wildman–Crippen LogP) is 4.86. The van der Waals surface area contributed by atoms with Gasteiger partial charge in [0.2, 0.25) is 0 Å². The van der Waals surface area contributed by atoms with Crippen LogP contribution in [0.4, 0.5) is 0 Å². The van der Waals surface area contributed by atoms with E-state index in [0.29, 0.717) is 19.6 Å². The fraction of sp³-hybridized carbons (Fsp3) is 0.387. The summed E-state index contributed by atoms with van der Waals surface area (Å²) in [5, 5.41) is 6.16. The van der Waals surface area contributed by atoms with Crippen LogP contribution >= 0.6 is 0 Å². The highest BCUT2D eigenvalue weighted by molar-refractivity contribution is 6.99. The Hall–Kier alpha value is -2.57. The molecule has 36 heavy (non-hydrogen) atoms. The van der Waals surface area contributed by atoms with Gasteiger partial charge in [0.15, 0.2) is 0 Å². The molecule has 5 heteroatoms. The zero-order valence-corrected chi connectivity index (χ0v) is 22.7. The molecule has 1 fully saturated rings. The van der Waals surface area contributed by atoms with Crippen LogP contribution in [-0.2, 0) is 20.6 Å². The quantitative estimate of drug-likeness (QED) is 0.318. The Kier molecular flexibility index (Phi) is 8.91. The number of piperidine rings is 1. The minimum Gasteiger partial charge on any atom is -0.406 e. The van der Waals surface area contributed by atoms with E-state index in [2.05, 4.69) is 98.9 Å². The molecule has 3 aromatic carbocycles. The van der Waals surface area contributed by atoms with Gasteiger partial charge in [-0.2, -0.15) is 0 Å². The van der Waals surface area contributed by atoms with Crippen LogP contribution in [0.15, 0.2) is 91.0 Å². The third-order valence-electron chi connectivity index (χ3n) is 7.28. The molecule has 0 bridgehead atoms. The van der Waals surface area contributed by atoms with Gasteiger partial charge in [0, 0.05) is 12.5 Å². The Labute approximate surface area is 217 Å². The summed E-state index contributed by atoms with van der Waals surface area (Å²) in [6, 6.07) is 31.9. The third-order valence-corrected chi connectivity index (χ3v) is 12.3. The molecular weight excluding hydrogens is 462 g/mol. The van der Waals surface area contributed by atoms with E-state index in [4.69, 9.17) is 9.16 Å². The van der Waals surface area contributed by atoms with Crippen molar-refractivity contribution in [3.05, 3.63) is 96.6 Å². The average Bonchev–Trinajstić information content (AvgIpc) is 2.90. The molecule has 0 aromatic heterocycles. The van der Waals surface area contributed by atoms with E-state index >= 15 is 0 Å². The summed E-state index contributed by atoms with van der Waals surface area (Å²) >= 11 is 0. The highest BCUT2D eigenvalue weighted by atomic mass is 28.4. The Bertz CT molecular complexity index is 1030.